The second-order valence-corrected chi connectivity index (χ2v) is 3.99. The lowest BCUT2D eigenvalue weighted by atomic mass is 9.98. The van der Waals surface area contributed by atoms with Crippen molar-refractivity contribution in [2.75, 3.05) is 6.61 Å². The van der Waals surface area contributed by atoms with Crippen molar-refractivity contribution in [3.63, 3.8) is 0 Å². The summed E-state index contributed by atoms with van der Waals surface area (Å²) in [5.74, 6) is 0.310. The van der Waals surface area contributed by atoms with Gasteiger partial charge in [-0.3, -0.25) is 4.79 Å². The van der Waals surface area contributed by atoms with Crippen LogP contribution in [-0.4, -0.2) is 12.5 Å². The summed E-state index contributed by atoms with van der Waals surface area (Å²) in [4.78, 5) is 11.4. The molecule has 0 bridgehead atoms. The molecule has 0 fully saturated rings. The maximum Gasteiger partial charge on any atom is 0.249 e. The zero-order valence-electron chi connectivity index (χ0n) is 9.14. The Morgan fingerprint density at radius 3 is 2.59 bits per heavy atom. The standard InChI is InChI=1S/C14H11NO2/c15-14(16)11-5-6-17-13-8-10-4-2-1-3-9(10)7-12(11)13/h1-5,7-8H,6H2,(H2,15,16). The lowest BCUT2D eigenvalue weighted by molar-refractivity contribution is -0.112. The molecule has 1 amide bonds. The van der Waals surface area contributed by atoms with Crippen LogP contribution in [0.25, 0.3) is 16.3 Å². The third-order valence-corrected chi connectivity index (χ3v) is 2.93. The molecule has 0 radical (unpaired) electrons. The first kappa shape index (κ1) is 9.90. The largest absolute Gasteiger partial charge is 0.489 e. The Labute approximate surface area is 98.5 Å². The van der Waals surface area contributed by atoms with E-state index in [0.29, 0.717) is 12.2 Å². The molecule has 3 nitrogen and oxygen atoms in total. The summed E-state index contributed by atoms with van der Waals surface area (Å²) in [5, 5.41) is 2.17. The molecule has 2 aromatic rings. The van der Waals surface area contributed by atoms with Crippen LogP contribution in [-0.2, 0) is 4.79 Å². The highest BCUT2D eigenvalue weighted by molar-refractivity contribution is 6.20. The maximum absolute atomic E-state index is 11.4. The monoisotopic (exact) mass is 225 g/mol. The Bertz CT molecular complexity index is 644. The topological polar surface area (TPSA) is 52.3 Å². The van der Waals surface area contributed by atoms with Crippen molar-refractivity contribution in [3.05, 3.63) is 48.0 Å². The molecule has 2 aromatic carbocycles. The molecular formula is C14H11NO2. The average molecular weight is 225 g/mol. The third-order valence-electron chi connectivity index (χ3n) is 2.93. The van der Waals surface area contributed by atoms with Gasteiger partial charge < -0.3 is 10.5 Å². The molecule has 3 heteroatoms. The number of rotatable bonds is 1. The van der Waals surface area contributed by atoms with Gasteiger partial charge in [-0.05, 0) is 29.0 Å². The van der Waals surface area contributed by atoms with Gasteiger partial charge in [0.1, 0.15) is 12.4 Å². The van der Waals surface area contributed by atoms with Crippen molar-refractivity contribution in [1.82, 2.24) is 0 Å². The van der Waals surface area contributed by atoms with Gasteiger partial charge in [-0.1, -0.05) is 24.3 Å². The summed E-state index contributed by atoms with van der Waals surface area (Å²) in [6, 6.07) is 11.8. The second kappa shape index (κ2) is 3.63. The van der Waals surface area contributed by atoms with E-state index in [2.05, 4.69) is 0 Å². The van der Waals surface area contributed by atoms with Gasteiger partial charge in [0, 0.05) is 11.1 Å². The predicted molar refractivity (Wildman–Crippen MR) is 66.6 cm³/mol. The fourth-order valence-electron chi connectivity index (χ4n) is 2.11. The highest BCUT2D eigenvalue weighted by atomic mass is 16.5. The number of amides is 1. The van der Waals surface area contributed by atoms with Gasteiger partial charge in [-0.15, -0.1) is 0 Å². The van der Waals surface area contributed by atoms with Crippen LogP contribution in [0.5, 0.6) is 5.75 Å². The molecule has 0 aliphatic carbocycles. The summed E-state index contributed by atoms with van der Waals surface area (Å²) in [7, 11) is 0. The third kappa shape index (κ3) is 1.56. The number of hydrogen-bond acceptors (Lipinski definition) is 2. The molecule has 0 saturated carbocycles. The fraction of sp³-hybridized carbons (Fsp3) is 0.0714. The molecule has 17 heavy (non-hydrogen) atoms. The minimum absolute atomic E-state index is 0.392. The van der Waals surface area contributed by atoms with Crippen molar-refractivity contribution in [2.24, 2.45) is 5.73 Å². The van der Waals surface area contributed by atoms with Gasteiger partial charge in [0.05, 0.1) is 0 Å². The van der Waals surface area contributed by atoms with Crippen LogP contribution in [0.15, 0.2) is 42.5 Å². The Morgan fingerprint density at radius 2 is 1.88 bits per heavy atom. The fourth-order valence-corrected chi connectivity index (χ4v) is 2.11. The highest BCUT2D eigenvalue weighted by Crippen LogP contribution is 2.33. The molecule has 1 aliphatic rings. The van der Waals surface area contributed by atoms with Gasteiger partial charge in [0.25, 0.3) is 0 Å². The van der Waals surface area contributed by atoms with Crippen molar-refractivity contribution < 1.29 is 9.53 Å². The quantitative estimate of drug-likeness (QED) is 0.808. The van der Waals surface area contributed by atoms with Crippen LogP contribution >= 0.6 is 0 Å². The maximum atomic E-state index is 11.4. The number of primary amides is 1. The van der Waals surface area contributed by atoms with Crippen LogP contribution in [0.1, 0.15) is 5.56 Å². The van der Waals surface area contributed by atoms with Crippen molar-refractivity contribution in [3.8, 4) is 5.75 Å². The van der Waals surface area contributed by atoms with Gasteiger partial charge in [-0.2, -0.15) is 0 Å². The van der Waals surface area contributed by atoms with E-state index >= 15 is 0 Å². The molecule has 0 spiro atoms. The summed E-state index contributed by atoms with van der Waals surface area (Å²) in [6.07, 6.45) is 1.72. The molecule has 3 rings (SSSR count). The molecule has 0 saturated heterocycles. The first-order valence-electron chi connectivity index (χ1n) is 5.41. The number of hydrogen-bond donors (Lipinski definition) is 1. The van der Waals surface area contributed by atoms with Crippen molar-refractivity contribution in [1.29, 1.82) is 0 Å². The number of carbonyl (C=O) groups excluding carboxylic acids is 1. The first-order valence-corrected chi connectivity index (χ1v) is 5.41. The minimum Gasteiger partial charge on any atom is -0.489 e. The van der Waals surface area contributed by atoms with E-state index in [-0.39, 0.29) is 0 Å². The van der Waals surface area contributed by atoms with E-state index < -0.39 is 5.91 Å². The molecule has 1 heterocycles. The van der Waals surface area contributed by atoms with E-state index in [1.807, 2.05) is 36.4 Å². The summed E-state index contributed by atoms with van der Waals surface area (Å²) >= 11 is 0. The van der Waals surface area contributed by atoms with Crippen LogP contribution in [0.4, 0.5) is 0 Å². The second-order valence-electron chi connectivity index (χ2n) is 3.99. The average Bonchev–Trinajstić information content (AvgIpc) is 2.35. The molecule has 1 aliphatic heterocycles. The summed E-state index contributed by atoms with van der Waals surface area (Å²) < 4.78 is 5.53. The normalized spacial score (nSPS) is 13.8. The molecule has 0 atom stereocenters. The van der Waals surface area contributed by atoms with Crippen molar-refractivity contribution >= 4 is 22.3 Å². The minimum atomic E-state index is -0.412. The van der Waals surface area contributed by atoms with E-state index in [1.54, 1.807) is 6.08 Å². The Morgan fingerprint density at radius 1 is 1.18 bits per heavy atom. The molecule has 0 unspecified atom stereocenters. The molecule has 0 aromatic heterocycles. The van der Waals surface area contributed by atoms with Gasteiger partial charge >= 0.3 is 0 Å². The van der Waals surface area contributed by atoms with Crippen LogP contribution in [0.3, 0.4) is 0 Å². The smallest absolute Gasteiger partial charge is 0.249 e. The van der Waals surface area contributed by atoms with Gasteiger partial charge in [-0.25, -0.2) is 0 Å². The molecule has 2 N–H and O–H groups in total. The van der Waals surface area contributed by atoms with Crippen LogP contribution in [0.2, 0.25) is 0 Å². The lowest BCUT2D eigenvalue weighted by Crippen LogP contribution is -2.17. The number of ether oxygens (including phenoxy) is 1. The molecule has 84 valence electrons. The zero-order valence-corrected chi connectivity index (χ0v) is 9.14. The first-order chi connectivity index (χ1) is 8.25. The number of carbonyl (C=O) groups is 1. The zero-order chi connectivity index (χ0) is 11.8. The van der Waals surface area contributed by atoms with Crippen LogP contribution in [0, 0.1) is 0 Å². The summed E-state index contributed by atoms with van der Waals surface area (Å²) in [5.41, 5.74) is 6.68. The number of nitrogens with two attached hydrogens (primary N) is 1. The van der Waals surface area contributed by atoms with E-state index in [1.165, 1.54) is 0 Å². The van der Waals surface area contributed by atoms with Gasteiger partial charge in [0.15, 0.2) is 0 Å². The Balaban J connectivity index is 2.28. The lowest BCUT2D eigenvalue weighted by Gasteiger charge is -2.17. The van der Waals surface area contributed by atoms with Crippen LogP contribution < -0.4 is 10.5 Å². The van der Waals surface area contributed by atoms with Crippen molar-refractivity contribution in [2.45, 2.75) is 0 Å². The summed E-state index contributed by atoms with van der Waals surface area (Å²) in [6.45, 7) is 0.392. The highest BCUT2D eigenvalue weighted by Gasteiger charge is 2.18. The molecular weight excluding hydrogens is 214 g/mol. The van der Waals surface area contributed by atoms with E-state index in [4.69, 9.17) is 10.5 Å². The Hall–Kier alpha value is -2.29. The number of fused-ring (bicyclic) bond motifs is 2. The van der Waals surface area contributed by atoms with Gasteiger partial charge in [0.2, 0.25) is 5.91 Å². The van der Waals surface area contributed by atoms with E-state index in [0.717, 1.165) is 22.1 Å². The Kier molecular flexibility index (Phi) is 2.11. The number of benzene rings is 2. The predicted octanol–water partition coefficient (Wildman–Crippen LogP) is 2.10. The SMILES string of the molecule is NC(=O)C1=CCOc2cc3ccccc3cc21. The van der Waals surface area contributed by atoms with E-state index in [9.17, 15) is 4.79 Å².